The van der Waals surface area contributed by atoms with E-state index in [1.165, 1.54) is 6.07 Å². The van der Waals surface area contributed by atoms with Gasteiger partial charge in [-0.2, -0.15) is 13.2 Å². The van der Waals surface area contributed by atoms with Gasteiger partial charge in [0, 0.05) is 17.8 Å². The summed E-state index contributed by atoms with van der Waals surface area (Å²) in [4.78, 5) is 1.58. The van der Waals surface area contributed by atoms with Gasteiger partial charge in [0.15, 0.2) is 0 Å². The normalized spacial score (nSPS) is 21.5. The first-order valence-electron chi connectivity index (χ1n) is 7.03. The Labute approximate surface area is 125 Å². The number of anilines is 1. The molecule has 120 valence electrons. The highest BCUT2D eigenvalue weighted by atomic mass is 19.4. The zero-order valence-electron chi connectivity index (χ0n) is 11.7. The Balaban J connectivity index is 1.99. The SMILES string of the molecule is OC[C@@H]1CCN1c1ccc(C2=NNCCO2)cc1C(F)(F)F. The molecule has 0 aliphatic carbocycles. The predicted octanol–water partition coefficient (Wildman–Crippen LogP) is 1.56. The highest BCUT2D eigenvalue weighted by Gasteiger charge is 2.39. The van der Waals surface area contributed by atoms with E-state index in [2.05, 4.69) is 10.5 Å². The molecule has 0 spiro atoms. The highest BCUT2D eigenvalue weighted by molar-refractivity contribution is 5.95. The molecule has 2 aliphatic rings. The van der Waals surface area contributed by atoms with Crippen LogP contribution in [0.25, 0.3) is 0 Å². The lowest BCUT2D eigenvalue weighted by molar-refractivity contribution is -0.137. The minimum absolute atomic E-state index is 0.0888. The fourth-order valence-electron chi connectivity index (χ4n) is 2.60. The van der Waals surface area contributed by atoms with Crippen molar-refractivity contribution in [3.63, 3.8) is 0 Å². The molecule has 0 saturated carbocycles. The van der Waals surface area contributed by atoms with Crippen LogP contribution in [0.1, 0.15) is 17.5 Å². The molecule has 1 aromatic rings. The number of hydrogen-bond donors (Lipinski definition) is 2. The van der Waals surface area contributed by atoms with Crippen molar-refractivity contribution < 1.29 is 23.0 Å². The molecule has 2 heterocycles. The summed E-state index contributed by atoms with van der Waals surface area (Å²) in [7, 11) is 0. The number of ether oxygens (including phenoxy) is 1. The molecular weight excluding hydrogens is 299 g/mol. The van der Waals surface area contributed by atoms with Crippen LogP contribution in [-0.2, 0) is 10.9 Å². The van der Waals surface area contributed by atoms with Crippen molar-refractivity contribution in [1.29, 1.82) is 0 Å². The van der Waals surface area contributed by atoms with Gasteiger partial charge < -0.3 is 20.2 Å². The summed E-state index contributed by atoms with van der Waals surface area (Å²) in [6, 6.07) is 3.77. The standard InChI is InChI=1S/C14H16F3N3O2/c15-14(16,17)11-7-9(13-19-18-4-6-22-13)1-2-12(11)20-5-3-10(20)8-21/h1-2,7,10,18,21H,3-6,8H2/t10-/m0/s1. The molecule has 1 saturated heterocycles. The van der Waals surface area contributed by atoms with E-state index in [4.69, 9.17) is 4.74 Å². The monoisotopic (exact) mass is 315 g/mol. The van der Waals surface area contributed by atoms with E-state index < -0.39 is 11.7 Å². The molecule has 22 heavy (non-hydrogen) atoms. The lowest BCUT2D eigenvalue weighted by Gasteiger charge is -2.43. The van der Waals surface area contributed by atoms with Crippen LogP contribution < -0.4 is 10.3 Å². The van der Waals surface area contributed by atoms with E-state index in [0.29, 0.717) is 26.1 Å². The molecule has 1 aromatic carbocycles. The van der Waals surface area contributed by atoms with Gasteiger partial charge in [-0.15, -0.1) is 5.10 Å². The second-order valence-electron chi connectivity index (χ2n) is 5.22. The molecule has 0 aromatic heterocycles. The minimum Gasteiger partial charge on any atom is -0.474 e. The first-order chi connectivity index (χ1) is 10.5. The number of halogens is 3. The molecule has 0 radical (unpaired) electrons. The molecule has 5 nitrogen and oxygen atoms in total. The van der Waals surface area contributed by atoms with Crippen molar-refractivity contribution in [2.45, 2.75) is 18.6 Å². The Hall–Kier alpha value is -1.96. The predicted molar refractivity (Wildman–Crippen MR) is 74.8 cm³/mol. The Morgan fingerprint density at radius 2 is 2.23 bits per heavy atom. The lowest BCUT2D eigenvalue weighted by atomic mass is 9.98. The van der Waals surface area contributed by atoms with E-state index >= 15 is 0 Å². The third-order valence-corrected chi connectivity index (χ3v) is 3.85. The third-order valence-electron chi connectivity index (χ3n) is 3.85. The number of nitrogens with one attached hydrogen (secondary N) is 1. The number of hydrazone groups is 1. The first kappa shape index (κ1) is 15.0. The Kier molecular flexibility index (Phi) is 3.86. The van der Waals surface area contributed by atoms with E-state index in [1.54, 1.807) is 11.0 Å². The summed E-state index contributed by atoms with van der Waals surface area (Å²) in [5.74, 6) is 0.158. The van der Waals surface area contributed by atoms with Gasteiger partial charge in [0.25, 0.3) is 0 Å². The number of aliphatic hydroxyl groups excluding tert-OH is 1. The van der Waals surface area contributed by atoms with Crippen molar-refractivity contribution in [3.05, 3.63) is 29.3 Å². The molecule has 2 N–H and O–H groups in total. The summed E-state index contributed by atoms with van der Waals surface area (Å²) in [5, 5.41) is 13.1. The summed E-state index contributed by atoms with van der Waals surface area (Å²) in [6.45, 7) is 1.24. The second kappa shape index (κ2) is 5.68. The van der Waals surface area contributed by atoms with Crippen LogP contribution >= 0.6 is 0 Å². The van der Waals surface area contributed by atoms with E-state index in [1.807, 2.05) is 0 Å². The second-order valence-corrected chi connectivity index (χ2v) is 5.22. The van der Waals surface area contributed by atoms with Gasteiger partial charge in [0.05, 0.1) is 24.8 Å². The molecule has 3 rings (SSSR count). The fourth-order valence-corrected chi connectivity index (χ4v) is 2.60. The number of aliphatic hydroxyl groups is 1. The van der Waals surface area contributed by atoms with Crippen LogP contribution in [0.4, 0.5) is 18.9 Å². The summed E-state index contributed by atoms with van der Waals surface area (Å²) in [5.41, 5.74) is 2.34. The smallest absolute Gasteiger partial charge is 0.418 e. The van der Waals surface area contributed by atoms with Crippen molar-refractivity contribution in [2.75, 3.05) is 31.2 Å². The van der Waals surface area contributed by atoms with Crippen LogP contribution in [0, 0.1) is 0 Å². The van der Waals surface area contributed by atoms with Gasteiger partial charge in [0.1, 0.15) is 6.61 Å². The van der Waals surface area contributed by atoms with Crippen LogP contribution in [-0.4, -0.2) is 43.3 Å². The van der Waals surface area contributed by atoms with Gasteiger partial charge in [-0.3, -0.25) is 0 Å². The number of benzene rings is 1. The lowest BCUT2D eigenvalue weighted by Crippen LogP contribution is -2.50. The van der Waals surface area contributed by atoms with Crippen molar-refractivity contribution in [1.82, 2.24) is 5.43 Å². The number of hydrogen-bond acceptors (Lipinski definition) is 5. The van der Waals surface area contributed by atoms with Crippen molar-refractivity contribution >= 4 is 11.6 Å². The van der Waals surface area contributed by atoms with Crippen LogP contribution in [0.5, 0.6) is 0 Å². The quantitative estimate of drug-likeness (QED) is 0.889. The van der Waals surface area contributed by atoms with Gasteiger partial charge in [0.2, 0.25) is 5.90 Å². The van der Waals surface area contributed by atoms with Gasteiger partial charge in [-0.1, -0.05) is 0 Å². The maximum absolute atomic E-state index is 13.4. The van der Waals surface area contributed by atoms with Crippen LogP contribution in [0.2, 0.25) is 0 Å². The van der Waals surface area contributed by atoms with Crippen LogP contribution in [0.15, 0.2) is 23.3 Å². The molecule has 1 fully saturated rings. The number of nitrogens with zero attached hydrogens (tertiary/aromatic N) is 2. The zero-order valence-corrected chi connectivity index (χ0v) is 11.7. The molecule has 2 aliphatic heterocycles. The zero-order chi connectivity index (χ0) is 15.7. The topological polar surface area (TPSA) is 57.1 Å². The summed E-state index contributed by atoms with van der Waals surface area (Å²) in [6.07, 6.45) is -3.79. The molecular formula is C14H16F3N3O2. The van der Waals surface area contributed by atoms with Crippen molar-refractivity contribution in [2.24, 2.45) is 5.10 Å². The maximum Gasteiger partial charge on any atom is 0.418 e. The van der Waals surface area contributed by atoms with E-state index in [-0.39, 0.29) is 29.8 Å². The minimum atomic E-state index is -4.48. The Bertz CT molecular complexity index is 587. The highest BCUT2D eigenvalue weighted by Crippen LogP contribution is 2.40. The fraction of sp³-hybridized carbons (Fsp3) is 0.500. The summed E-state index contributed by atoms with van der Waals surface area (Å²) >= 11 is 0. The van der Waals surface area contributed by atoms with Crippen molar-refractivity contribution in [3.8, 4) is 0 Å². The molecule has 0 amide bonds. The molecule has 8 heteroatoms. The first-order valence-corrected chi connectivity index (χ1v) is 7.03. The molecule has 0 bridgehead atoms. The average molecular weight is 315 g/mol. The van der Waals surface area contributed by atoms with Gasteiger partial charge in [-0.25, -0.2) is 0 Å². The third kappa shape index (κ3) is 2.70. The molecule has 1 atom stereocenters. The Morgan fingerprint density at radius 3 is 2.77 bits per heavy atom. The Morgan fingerprint density at radius 1 is 1.41 bits per heavy atom. The van der Waals surface area contributed by atoms with Crippen LogP contribution in [0.3, 0.4) is 0 Å². The van der Waals surface area contributed by atoms with E-state index in [9.17, 15) is 18.3 Å². The largest absolute Gasteiger partial charge is 0.474 e. The van der Waals surface area contributed by atoms with Gasteiger partial charge >= 0.3 is 6.18 Å². The number of alkyl halides is 3. The molecule has 0 unspecified atom stereocenters. The number of rotatable bonds is 3. The van der Waals surface area contributed by atoms with E-state index in [0.717, 1.165) is 6.07 Å². The van der Waals surface area contributed by atoms with Gasteiger partial charge in [-0.05, 0) is 24.6 Å². The average Bonchev–Trinajstić information content (AvgIpc) is 2.47. The maximum atomic E-state index is 13.4. The summed E-state index contributed by atoms with van der Waals surface area (Å²) < 4.78 is 45.4.